The minimum atomic E-state index is -4.56. The van der Waals surface area contributed by atoms with E-state index in [2.05, 4.69) is 15.3 Å². The summed E-state index contributed by atoms with van der Waals surface area (Å²) in [5, 5.41) is 2.62. The second kappa shape index (κ2) is 5.48. The number of hydrogen-bond acceptors (Lipinski definition) is 3. The van der Waals surface area contributed by atoms with Gasteiger partial charge < -0.3 is 5.32 Å². The highest BCUT2D eigenvalue weighted by atomic mass is 19.4. The summed E-state index contributed by atoms with van der Waals surface area (Å²) in [4.78, 5) is 7.04. The van der Waals surface area contributed by atoms with Crippen molar-refractivity contribution in [2.24, 2.45) is 0 Å². The molecule has 0 bridgehead atoms. The van der Waals surface area contributed by atoms with Gasteiger partial charge in [-0.1, -0.05) is 31.2 Å². The SMILES string of the molecule is CCc1ccc(-c2cc(NC)nc(C(F)(F)F)n2)cc1. The highest BCUT2D eigenvalue weighted by molar-refractivity contribution is 5.62. The number of alkyl halides is 3. The van der Waals surface area contributed by atoms with Crippen molar-refractivity contribution >= 4 is 5.82 Å². The molecular weight excluding hydrogens is 267 g/mol. The zero-order valence-electron chi connectivity index (χ0n) is 11.1. The Bertz CT molecular complexity index is 592. The van der Waals surface area contributed by atoms with Gasteiger partial charge in [-0.2, -0.15) is 13.2 Å². The van der Waals surface area contributed by atoms with E-state index in [-0.39, 0.29) is 11.5 Å². The third-order valence-corrected chi connectivity index (χ3v) is 2.89. The van der Waals surface area contributed by atoms with Crippen molar-refractivity contribution < 1.29 is 13.2 Å². The van der Waals surface area contributed by atoms with E-state index in [0.29, 0.717) is 5.56 Å². The molecule has 0 fully saturated rings. The lowest BCUT2D eigenvalue weighted by molar-refractivity contribution is -0.144. The third kappa shape index (κ3) is 3.07. The molecule has 0 unspecified atom stereocenters. The first-order chi connectivity index (χ1) is 9.44. The van der Waals surface area contributed by atoms with Gasteiger partial charge in [-0.3, -0.25) is 0 Å². The van der Waals surface area contributed by atoms with Crippen LogP contribution in [-0.2, 0) is 12.6 Å². The van der Waals surface area contributed by atoms with Gasteiger partial charge >= 0.3 is 6.18 Å². The van der Waals surface area contributed by atoms with Crippen LogP contribution in [0.2, 0.25) is 0 Å². The Morgan fingerprint density at radius 2 is 1.75 bits per heavy atom. The van der Waals surface area contributed by atoms with Crippen molar-refractivity contribution in [3.05, 3.63) is 41.7 Å². The number of aromatic nitrogens is 2. The number of hydrogen-bond donors (Lipinski definition) is 1. The summed E-state index contributed by atoms with van der Waals surface area (Å²) in [6.45, 7) is 2.01. The van der Waals surface area contributed by atoms with Gasteiger partial charge in [-0.25, -0.2) is 9.97 Å². The summed E-state index contributed by atoms with van der Waals surface area (Å²) in [6, 6.07) is 8.78. The van der Waals surface area contributed by atoms with Crippen LogP contribution in [-0.4, -0.2) is 17.0 Å². The van der Waals surface area contributed by atoms with E-state index in [4.69, 9.17) is 0 Å². The van der Waals surface area contributed by atoms with Gasteiger partial charge in [-0.05, 0) is 12.0 Å². The van der Waals surface area contributed by atoms with Crippen molar-refractivity contribution in [2.75, 3.05) is 12.4 Å². The highest BCUT2D eigenvalue weighted by Gasteiger charge is 2.35. The third-order valence-electron chi connectivity index (χ3n) is 2.89. The molecule has 1 N–H and O–H groups in total. The Morgan fingerprint density at radius 1 is 1.10 bits per heavy atom. The zero-order chi connectivity index (χ0) is 14.8. The minimum absolute atomic E-state index is 0.141. The maximum atomic E-state index is 12.8. The average molecular weight is 281 g/mol. The van der Waals surface area contributed by atoms with Gasteiger partial charge in [0.15, 0.2) is 0 Å². The van der Waals surface area contributed by atoms with Crippen LogP contribution in [0, 0.1) is 0 Å². The standard InChI is InChI=1S/C14H14F3N3/c1-3-9-4-6-10(7-5-9)11-8-12(18-2)20-13(19-11)14(15,16)17/h4-8H,3H2,1-2H3,(H,18,19,20). The van der Waals surface area contributed by atoms with E-state index in [9.17, 15) is 13.2 Å². The van der Waals surface area contributed by atoms with Crippen molar-refractivity contribution in [1.82, 2.24) is 9.97 Å². The smallest absolute Gasteiger partial charge is 0.373 e. The van der Waals surface area contributed by atoms with E-state index in [1.807, 2.05) is 19.1 Å². The quantitative estimate of drug-likeness (QED) is 0.930. The van der Waals surface area contributed by atoms with Crippen molar-refractivity contribution in [1.29, 1.82) is 0 Å². The number of benzene rings is 1. The lowest BCUT2D eigenvalue weighted by atomic mass is 10.1. The minimum Gasteiger partial charge on any atom is -0.373 e. The van der Waals surface area contributed by atoms with Crippen LogP contribution in [0.1, 0.15) is 18.3 Å². The predicted octanol–water partition coefficient (Wildman–Crippen LogP) is 3.77. The molecule has 1 aromatic heterocycles. The van der Waals surface area contributed by atoms with Crippen LogP contribution in [0.15, 0.2) is 30.3 Å². The summed E-state index contributed by atoms with van der Waals surface area (Å²) in [7, 11) is 1.52. The summed E-state index contributed by atoms with van der Waals surface area (Å²) in [6.07, 6.45) is -3.69. The molecule has 0 spiro atoms. The lowest BCUT2D eigenvalue weighted by Gasteiger charge is -2.10. The molecule has 3 nitrogen and oxygen atoms in total. The molecule has 1 heterocycles. The molecule has 0 radical (unpaired) electrons. The first-order valence-electron chi connectivity index (χ1n) is 6.17. The number of aryl methyl sites for hydroxylation is 1. The molecule has 0 aliphatic carbocycles. The fourth-order valence-corrected chi connectivity index (χ4v) is 1.76. The molecular formula is C14H14F3N3. The molecule has 20 heavy (non-hydrogen) atoms. The largest absolute Gasteiger partial charge is 0.451 e. The monoisotopic (exact) mass is 281 g/mol. The maximum Gasteiger partial charge on any atom is 0.451 e. The van der Waals surface area contributed by atoms with Crippen LogP contribution >= 0.6 is 0 Å². The summed E-state index contributed by atoms with van der Waals surface area (Å²) in [5.74, 6) is -0.999. The van der Waals surface area contributed by atoms with Crippen LogP contribution < -0.4 is 5.32 Å². The molecule has 6 heteroatoms. The Morgan fingerprint density at radius 3 is 2.25 bits per heavy atom. The number of rotatable bonds is 3. The Hall–Kier alpha value is -2.11. The zero-order valence-corrected chi connectivity index (χ0v) is 11.1. The van der Waals surface area contributed by atoms with Gasteiger partial charge in [0.05, 0.1) is 5.69 Å². The van der Waals surface area contributed by atoms with Crippen LogP contribution in [0.3, 0.4) is 0 Å². The second-order valence-electron chi connectivity index (χ2n) is 4.26. The van der Waals surface area contributed by atoms with Gasteiger partial charge in [0.25, 0.3) is 0 Å². The normalized spacial score (nSPS) is 11.4. The first-order valence-corrected chi connectivity index (χ1v) is 6.17. The molecule has 0 aliphatic heterocycles. The van der Waals surface area contributed by atoms with Crippen LogP contribution in [0.5, 0.6) is 0 Å². The van der Waals surface area contributed by atoms with Crippen LogP contribution in [0.25, 0.3) is 11.3 Å². The predicted molar refractivity (Wildman–Crippen MR) is 71.4 cm³/mol. The Kier molecular flexibility index (Phi) is 3.92. The van der Waals surface area contributed by atoms with E-state index in [1.54, 1.807) is 12.1 Å². The number of halogens is 3. The van der Waals surface area contributed by atoms with Crippen molar-refractivity contribution in [3.63, 3.8) is 0 Å². The Labute approximate surface area is 114 Å². The molecule has 2 aromatic rings. The summed E-state index contributed by atoms with van der Waals surface area (Å²) in [5.41, 5.74) is 2.00. The molecule has 0 amide bonds. The first kappa shape index (κ1) is 14.3. The van der Waals surface area contributed by atoms with E-state index >= 15 is 0 Å². The van der Waals surface area contributed by atoms with E-state index in [1.165, 1.54) is 13.1 Å². The number of nitrogens with zero attached hydrogens (tertiary/aromatic N) is 2. The molecule has 0 saturated carbocycles. The molecule has 1 aromatic carbocycles. The fraction of sp³-hybridized carbons (Fsp3) is 0.286. The highest BCUT2D eigenvalue weighted by Crippen LogP contribution is 2.29. The molecule has 0 saturated heterocycles. The van der Waals surface area contributed by atoms with Gasteiger partial charge in [-0.15, -0.1) is 0 Å². The summed E-state index contributed by atoms with van der Waals surface area (Å²) >= 11 is 0. The van der Waals surface area contributed by atoms with Gasteiger partial charge in [0.2, 0.25) is 5.82 Å². The van der Waals surface area contributed by atoms with Crippen LogP contribution in [0.4, 0.5) is 19.0 Å². The summed E-state index contributed by atoms with van der Waals surface area (Å²) < 4.78 is 38.3. The Balaban J connectivity index is 2.49. The van der Waals surface area contributed by atoms with Gasteiger partial charge in [0, 0.05) is 18.7 Å². The molecule has 2 rings (SSSR count). The molecule has 106 valence electrons. The van der Waals surface area contributed by atoms with Gasteiger partial charge in [0.1, 0.15) is 5.82 Å². The molecule has 0 atom stereocenters. The van der Waals surface area contributed by atoms with Crippen molar-refractivity contribution in [3.8, 4) is 11.3 Å². The topological polar surface area (TPSA) is 37.8 Å². The second-order valence-corrected chi connectivity index (χ2v) is 4.26. The fourth-order valence-electron chi connectivity index (χ4n) is 1.76. The maximum absolute atomic E-state index is 12.8. The number of nitrogens with one attached hydrogen (secondary N) is 1. The molecule has 0 aliphatic rings. The van der Waals surface area contributed by atoms with E-state index < -0.39 is 12.0 Å². The average Bonchev–Trinajstić information content (AvgIpc) is 2.46. The lowest BCUT2D eigenvalue weighted by Crippen LogP contribution is -2.13. The van der Waals surface area contributed by atoms with Crippen molar-refractivity contribution in [2.45, 2.75) is 19.5 Å². The number of anilines is 1. The van der Waals surface area contributed by atoms with E-state index in [0.717, 1.165) is 12.0 Å².